The average molecular weight is 489 g/mol. The van der Waals surface area contributed by atoms with E-state index in [4.69, 9.17) is 0 Å². The van der Waals surface area contributed by atoms with E-state index in [2.05, 4.69) is 48.5 Å². The molecule has 4 heteroatoms. The van der Waals surface area contributed by atoms with Crippen molar-refractivity contribution in [2.75, 3.05) is 0 Å². The Kier molecular flexibility index (Phi) is 5.49. The normalized spacial score (nSPS) is 15.4. The first-order chi connectivity index (χ1) is 18.0. The zero-order valence-corrected chi connectivity index (χ0v) is 20.5. The van der Waals surface area contributed by atoms with E-state index in [1.54, 1.807) is 0 Å². The van der Waals surface area contributed by atoms with Crippen LogP contribution in [0.4, 0.5) is 0 Å². The van der Waals surface area contributed by atoms with Crippen molar-refractivity contribution in [3.8, 4) is 22.3 Å². The van der Waals surface area contributed by atoms with Crippen molar-refractivity contribution < 1.29 is 19.8 Å². The lowest BCUT2D eigenvalue weighted by atomic mass is 9.60. The molecule has 0 aliphatic heterocycles. The molecule has 0 atom stereocenters. The van der Waals surface area contributed by atoms with Crippen LogP contribution in [0.25, 0.3) is 22.3 Å². The van der Waals surface area contributed by atoms with Crippen LogP contribution in [0, 0.1) is 0 Å². The Morgan fingerprint density at radius 1 is 0.486 bits per heavy atom. The summed E-state index contributed by atoms with van der Waals surface area (Å²) in [6, 6.07) is 33.3. The molecule has 37 heavy (non-hydrogen) atoms. The molecule has 2 N–H and O–H groups in total. The topological polar surface area (TPSA) is 74.6 Å². The first-order valence-electron chi connectivity index (χ1n) is 12.8. The van der Waals surface area contributed by atoms with Gasteiger partial charge in [0.1, 0.15) is 0 Å². The minimum absolute atomic E-state index is 0.0287. The summed E-state index contributed by atoms with van der Waals surface area (Å²) < 4.78 is 0. The lowest BCUT2D eigenvalue weighted by Gasteiger charge is -2.42. The zero-order valence-electron chi connectivity index (χ0n) is 20.5. The van der Waals surface area contributed by atoms with Crippen LogP contribution in [0.15, 0.2) is 97.1 Å². The fourth-order valence-electron chi connectivity index (χ4n) is 7.08. The van der Waals surface area contributed by atoms with Gasteiger partial charge in [-0.2, -0.15) is 0 Å². The lowest BCUT2D eigenvalue weighted by molar-refractivity contribution is -0.138. The third kappa shape index (κ3) is 3.51. The molecule has 0 bridgehead atoms. The summed E-state index contributed by atoms with van der Waals surface area (Å²) in [6.07, 6.45) is 1.54. The van der Waals surface area contributed by atoms with Gasteiger partial charge in [-0.1, -0.05) is 97.1 Å². The van der Waals surface area contributed by atoms with Crippen molar-refractivity contribution in [1.29, 1.82) is 0 Å². The number of hydrogen-bond donors (Lipinski definition) is 2. The Labute approximate surface area is 216 Å². The van der Waals surface area contributed by atoms with Gasteiger partial charge in [-0.25, -0.2) is 0 Å². The fraction of sp³-hybridized carbons (Fsp3) is 0.212. The molecule has 2 aliphatic rings. The smallest absolute Gasteiger partial charge is 0.303 e. The standard InChI is InChI=1S/C33H28O4/c34-30(35)17-19-32(26-13-5-1-9-22(26)23-10-2-6-14-27(23)32)21-33(20-18-31(36)37)28-15-7-3-11-24(28)25-12-4-8-16-29(25)33/h1-16H,17-21H2,(H,34,35)(H,36,37). The van der Waals surface area contributed by atoms with E-state index >= 15 is 0 Å². The van der Waals surface area contributed by atoms with E-state index < -0.39 is 22.8 Å². The van der Waals surface area contributed by atoms with Crippen LogP contribution in [-0.2, 0) is 20.4 Å². The van der Waals surface area contributed by atoms with Crippen LogP contribution in [-0.4, -0.2) is 22.2 Å². The van der Waals surface area contributed by atoms with E-state index in [1.165, 1.54) is 0 Å². The molecule has 184 valence electrons. The molecular weight excluding hydrogens is 460 g/mol. The first-order valence-corrected chi connectivity index (χ1v) is 12.8. The van der Waals surface area contributed by atoms with E-state index in [0.29, 0.717) is 19.3 Å². The minimum Gasteiger partial charge on any atom is -0.481 e. The van der Waals surface area contributed by atoms with Crippen molar-refractivity contribution >= 4 is 11.9 Å². The molecule has 0 aromatic heterocycles. The number of aliphatic carboxylic acids is 2. The quantitative estimate of drug-likeness (QED) is 0.279. The van der Waals surface area contributed by atoms with Gasteiger partial charge < -0.3 is 10.2 Å². The van der Waals surface area contributed by atoms with Crippen LogP contribution < -0.4 is 0 Å². The van der Waals surface area contributed by atoms with Gasteiger partial charge in [-0.3, -0.25) is 9.59 Å². The highest BCUT2D eigenvalue weighted by Crippen LogP contribution is 2.62. The predicted octanol–water partition coefficient (Wildman–Crippen LogP) is 7.04. The Morgan fingerprint density at radius 3 is 1.03 bits per heavy atom. The molecule has 0 saturated carbocycles. The van der Waals surface area contributed by atoms with E-state index in [-0.39, 0.29) is 12.8 Å². The number of rotatable bonds is 8. The zero-order chi connectivity index (χ0) is 25.6. The van der Waals surface area contributed by atoms with Crippen molar-refractivity contribution in [3.63, 3.8) is 0 Å². The summed E-state index contributed by atoms with van der Waals surface area (Å²) in [4.78, 5) is 23.9. The highest BCUT2D eigenvalue weighted by atomic mass is 16.4. The minimum atomic E-state index is -0.826. The summed E-state index contributed by atoms with van der Waals surface area (Å²) in [5.74, 6) is -1.65. The molecule has 4 aromatic rings. The number of carbonyl (C=O) groups is 2. The van der Waals surface area contributed by atoms with Gasteiger partial charge in [0.25, 0.3) is 0 Å². The molecule has 0 radical (unpaired) electrons. The summed E-state index contributed by atoms with van der Waals surface area (Å²) in [6.45, 7) is 0. The predicted molar refractivity (Wildman–Crippen MR) is 144 cm³/mol. The Balaban J connectivity index is 1.64. The maximum atomic E-state index is 12.0. The number of hydrogen-bond acceptors (Lipinski definition) is 2. The molecule has 2 aliphatic carbocycles. The summed E-state index contributed by atoms with van der Waals surface area (Å²) in [5, 5.41) is 19.6. The fourth-order valence-corrected chi connectivity index (χ4v) is 7.08. The first kappa shape index (κ1) is 23.2. The van der Waals surface area contributed by atoms with Crippen LogP contribution >= 0.6 is 0 Å². The maximum absolute atomic E-state index is 12.0. The molecule has 4 aromatic carbocycles. The van der Waals surface area contributed by atoms with Crippen molar-refractivity contribution in [1.82, 2.24) is 0 Å². The molecular formula is C33H28O4. The Hall–Kier alpha value is -4.18. The van der Waals surface area contributed by atoms with E-state index in [1.807, 2.05) is 48.5 Å². The van der Waals surface area contributed by atoms with E-state index in [9.17, 15) is 19.8 Å². The third-order valence-corrected chi connectivity index (χ3v) is 8.49. The summed E-state index contributed by atoms with van der Waals surface area (Å²) in [5.41, 5.74) is 7.93. The number of carboxylic acids is 2. The summed E-state index contributed by atoms with van der Waals surface area (Å²) >= 11 is 0. The third-order valence-electron chi connectivity index (χ3n) is 8.49. The molecule has 4 nitrogen and oxygen atoms in total. The van der Waals surface area contributed by atoms with Crippen molar-refractivity contribution in [2.45, 2.75) is 42.9 Å². The lowest BCUT2D eigenvalue weighted by Crippen LogP contribution is -2.38. The number of carboxylic acid groups (broad SMARTS) is 2. The number of fused-ring (bicyclic) bond motifs is 6. The largest absolute Gasteiger partial charge is 0.481 e. The van der Waals surface area contributed by atoms with Crippen LogP contribution in [0.5, 0.6) is 0 Å². The number of benzene rings is 4. The maximum Gasteiger partial charge on any atom is 0.303 e. The molecule has 0 saturated heterocycles. The van der Waals surface area contributed by atoms with E-state index in [0.717, 1.165) is 44.5 Å². The van der Waals surface area contributed by atoms with Crippen LogP contribution in [0.1, 0.15) is 54.4 Å². The SMILES string of the molecule is O=C(O)CCC1(CC2(CCC(=O)O)c3ccccc3-c3ccccc32)c2ccccc2-c2ccccc21. The highest BCUT2D eigenvalue weighted by molar-refractivity contribution is 5.85. The molecule has 0 heterocycles. The van der Waals surface area contributed by atoms with Gasteiger partial charge in [-0.05, 0) is 63.8 Å². The van der Waals surface area contributed by atoms with Gasteiger partial charge in [0.15, 0.2) is 0 Å². The second kappa shape index (κ2) is 8.74. The second-order valence-corrected chi connectivity index (χ2v) is 10.3. The molecule has 0 amide bonds. The van der Waals surface area contributed by atoms with Gasteiger partial charge in [-0.15, -0.1) is 0 Å². The van der Waals surface area contributed by atoms with Crippen LogP contribution in [0.2, 0.25) is 0 Å². The molecule has 0 spiro atoms. The Morgan fingerprint density at radius 2 is 0.757 bits per heavy atom. The molecule has 6 rings (SSSR count). The van der Waals surface area contributed by atoms with Gasteiger partial charge in [0, 0.05) is 23.7 Å². The highest BCUT2D eigenvalue weighted by Gasteiger charge is 2.52. The van der Waals surface area contributed by atoms with Gasteiger partial charge >= 0.3 is 11.9 Å². The molecule has 0 fully saturated rings. The van der Waals surface area contributed by atoms with Crippen molar-refractivity contribution in [3.05, 3.63) is 119 Å². The monoisotopic (exact) mass is 488 g/mol. The van der Waals surface area contributed by atoms with Crippen molar-refractivity contribution in [2.24, 2.45) is 0 Å². The van der Waals surface area contributed by atoms with Crippen LogP contribution in [0.3, 0.4) is 0 Å². The Bertz CT molecular complexity index is 1330. The van der Waals surface area contributed by atoms with Gasteiger partial charge in [0.2, 0.25) is 0 Å². The molecule has 0 unspecified atom stereocenters. The second-order valence-electron chi connectivity index (χ2n) is 10.3. The average Bonchev–Trinajstić information content (AvgIpc) is 3.35. The van der Waals surface area contributed by atoms with Gasteiger partial charge in [0.05, 0.1) is 0 Å². The summed E-state index contributed by atoms with van der Waals surface area (Å²) in [7, 11) is 0.